The first-order valence-corrected chi connectivity index (χ1v) is 13.1. The van der Waals surface area contributed by atoms with Crippen molar-refractivity contribution in [3.8, 4) is 5.75 Å². The lowest BCUT2D eigenvalue weighted by atomic mass is 9.81. The molecule has 2 fully saturated rings. The first kappa shape index (κ1) is 27.9. The van der Waals surface area contributed by atoms with Gasteiger partial charge in [0.05, 0.1) is 24.2 Å². The van der Waals surface area contributed by atoms with Crippen molar-refractivity contribution in [2.45, 2.75) is 63.3 Å². The van der Waals surface area contributed by atoms with Crippen molar-refractivity contribution >= 4 is 11.8 Å². The lowest BCUT2D eigenvalue weighted by Crippen LogP contribution is -2.55. The Balaban J connectivity index is 1.52. The Kier molecular flexibility index (Phi) is 8.30. The number of methoxy groups -OCH3 is 1. The van der Waals surface area contributed by atoms with Gasteiger partial charge in [0.1, 0.15) is 11.4 Å². The standard InChI is InChI=1S/C28H34F3N3O4/c1-3-8-22-19(9-7-16-34(22)26(36)24-21(28(29,30)31)11-6-15-32-24)25(35)33-17-13-27(37,14-18-33)20-10-4-5-12-23(20)38-2/h4-6,10-12,15,19,22,37H,3,7-9,13-14,16-18H2,1-2H3/t19-,22-/m1/s1. The number of alkyl halides is 3. The van der Waals surface area contributed by atoms with Gasteiger partial charge in [0, 0.05) is 37.4 Å². The number of piperidine rings is 2. The Morgan fingerprint density at radius 3 is 2.50 bits per heavy atom. The van der Waals surface area contributed by atoms with Gasteiger partial charge >= 0.3 is 6.18 Å². The van der Waals surface area contributed by atoms with E-state index in [-0.39, 0.29) is 12.5 Å². The minimum Gasteiger partial charge on any atom is -0.496 e. The van der Waals surface area contributed by atoms with Crippen molar-refractivity contribution in [2.75, 3.05) is 26.7 Å². The lowest BCUT2D eigenvalue weighted by Gasteiger charge is -2.45. The number of aromatic nitrogens is 1. The van der Waals surface area contributed by atoms with Crippen LogP contribution in [-0.4, -0.2) is 64.5 Å². The number of amides is 2. The van der Waals surface area contributed by atoms with Crippen LogP contribution in [0.25, 0.3) is 0 Å². The number of nitrogens with zero attached hydrogens (tertiary/aromatic N) is 3. The number of benzene rings is 1. The topological polar surface area (TPSA) is 83.0 Å². The largest absolute Gasteiger partial charge is 0.496 e. The second-order valence-corrected chi connectivity index (χ2v) is 10.1. The number of likely N-dealkylation sites (tertiary alicyclic amines) is 2. The highest BCUT2D eigenvalue weighted by molar-refractivity contribution is 5.95. The first-order chi connectivity index (χ1) is 18.1. The number of rotatable bonds is 6. The van der Waals surface area contributed by atoms with E-state index in [1.807, 2.05) is 25.1 Å². The molecular formula is C28H34F3N3O4. The fourth-order valence-electron chi connectivity index (χ4n) is 5.82. The van der Waals surface area contributed by atoms with E-state index >= 15 is 0 Å². The van der Waals surface area contributed by atoms with E-state index in [1.54, 1.807) is 18.1 Å². The quantitative estimate of drug-likeness (QED) is 0.585. The van der Waals surface area contributed by atoms with Crippen LogP contribution in [0, 0.1) is 5.92 Å². The average molecular weight is 534 g/mol. The van der Waals surface area contributed by atoms with E-state index in [1.165, 1.54) is 11.1 Å². The Hall–Kier alpha value is -3.14. The fraction of sp³-hybridized carbons (Fsp3) is 0.536. The number of para-hydroxylation sites is 1. The molecule has 0 spiro atoms. The van der Waals surface area contributed by atoms with E-state index in [0.717, 1.165) is 12.1 Å². The number of hydrogen-bond donors (Lipinski definition) is 1. The van der Waals surface area contributed by atoms with E-state index < -0.39 is 40.9 Å². The van der Waals surface area contributed by atoms with E-state index in [4.69, 9.17) is 4.74 Å². The molecule has 2 saturated heterocycles. The normalized spacial score (nSPS) is 21.7. The Labute approximate surface area is 220 Å². The van der Waals surface area contributed by atoms with Gasteiger partial charge in [-0.15, -0.1) is 0 Å². The average Bonchev–Trinajstić information content (AvgIpc) is 2.92. The minimum atomic E-state index is -4.71. The molecule has 4 rings (SSSR count). The maximum absolute atomic E-state index is 13.7. The molecule has 38 heavy (non-hydrogen) atoms. The van der Waals surface area contributed by atoms with Crippen LogP contribution in [0.1, 0.15) is 67.1 Å². The second kappa shape index (κ2) is 11.3. The number of carbonyl (C=O) groups excluding carboxylic acids is 2. The van der Waals surface area contributed by atoms with E-state index in [9.17, 15) is 27.9 Å². The third-order valence-corrected chi connectivity index (χ3v) is 7.77. The van der Waals surface area contributed by atoms with Crippen LogP contribution in [0.3, 0.4) is 0 Å². The molecule has 2 aliphatic rings. The molecule has 2 aromatic rings. The van der Waals surface area contributed by atoms with Gasteiger partial charge in [-0.25, -0.2) is 0 Å². The predicted molar refractivity (Wildman–Crippen MR) is 134 cm³/mol. The summed E-state index contributed by atoms with van der Waals surface area (Å²) >= 11 is 0. The maximum Gasteiger partial charge on any atom is 0.418 e. The molecule has 3 heterocycles. The van der Waals surface area contributed by atoms with Gasteiger partial charge in [0.25, 0.3) is 5.91 Å². The van der Waals surface area contributed by atoms with Gasteiger partial charge in [-0.1, -0.05) is 31.5 Å². The molecule has 2 aliphatic heterocycles. The second-order valence-electron chi connectivity index (χ2n) is 10.1. The third kappa shape index (κ3) is 5.50. The van der Waals surface area contributed by atoms with Crippen LogP contribution >= 0.6 is 0 Å². The van der Waals surface area contributed by atoms with Crippen molar-refractivity contribution < 1.29 is 32.6 Å². The molecule has 10 heteroatoms. The van der Waals surface area contributed by atoms with Gasteiger partial charge in [0.2, 0.25) is 5.91 Å². The van der Waals surface area contributed by atoms with Crippen LogP contribution in [0.15, 0.2) is 42.6 Å². The van der Waals surface area contributed by atoms with Crippen LogP contribution < -0.4 is 4.74 Å². The molecule has 0 aliphatic carbocycles. The lowest BCUT2D eigenvalue weighted by molar-refractivity contribution is -0.144. The number of carbonyl (C=O) groups is 2. The van der Waals surface area contributed by atoms with Crippen LogP contribution in [0.2, 0.25) is 0 Å². The number of halogens is 3. The monoisotopic (exact) mass is 533 g/mol. The SMILES string of the molecule is CCC[C@@H]1[C@H](C(=O)N2CCC(O)(c3ccccc3OC)CC2)CCCN1C(=O)c1ncccc1C(F)(F)F. The summed E-state index contributed by atoms with van der Waals surface area (Å²) in [6.07, 6.45) is -0.650. The molecule has 0 radical (unpaired) electrons. The van der Waals surface area contributed by atoms with Gasteiger partial charge < -0.3 is 19.6 Å². The summed E-state index contributed by atoms with van der Waals surface area (Å²) in [6.45, 7) is 2.86. The zero-order valence-corrected chi connectivity index (χ0v) is 21.7. The summed E-state index contributed by atoms with van der Waals surface area (Å²) in [4.78, 5) is 34.0. The molecule has 0 bridgehead atoms. The van der Waals surface area contributed by atoms with E-state index in [2.05, 4.69) is 4.98 Å². The predicted octanol–water partition coefficient (Wildman–Crippen LogP) is 4.64. The summed E-state index contributed by atoms with van der Waals surface area (Å²) in [6, 6.07) is 8.78. The van der Waals surface area contributed by atoms with Gasteiger partial charge in [-0.05, 0) is 50.3 Å². The smallest absolute Gasteiger partial charge is 0.418 e. The van der Waals surface area contributed by atoms with Crippen molar-refractivity contribution in [3.63, 3.8) is 0 Å². The van der Waals surface area contributed by atoms with Gasteiger partial charge in [-0.2, -0.15) is 13.2 Å². The van der Waals surface area contributed by atoms with Crippen LogP contribution in [-0.2, 0) is 16.6 Å². The van der Waals surface area contributed by atoms with Gasteiger partial charge in [0.15, 0.2) is 0 Å². The van der Waals surface area contributed by atoms with Crippen LogP contribution in [0.4, 0.5) is 13.2 Å². The van der Waals surface area contributed by atoms with Crippen molar-refractivity contribution in [1.82, 2.24) is 14.8 Å². The summed E-state index contributed by atoms with van der Waals surface area (Å²) < 4.78 is 46.2. The number of pyridine rings is 1. The Morgan fingerprint density at radius 1 is 1.13 bits per heavy atom. The van der Waals surface area contributed by atoms with E-state index in [0.29, 0.717) is 62.9 Å². The molecule has 1 aromatic carbocycles. The highest BCUT2D eigenvalue weighted by Crippen LogP contribution is 2.39. The van der Waals surface area contributed by atoms with Gasteiger partial charge in [-0.3, -0.25) is 14.6 Å². The molecule has 0 unspecified atom stereocenters. The first-order valence-electron chi connectivity index (χ1n) is 13.1. The molecule has 0 saturated carbocycles. The van der Waals surface area contributed by atoms with Crippen molar-refractivity contribution in [3.05, 3.63) is 59.4 Å². The number of aliphatic hydroxyl groups is 1. The van der Waals surface area contributed by atoms with Crippen LogP contribution in [0.5, 0.6) is 5.75 Å². The highest BCUT2D eigenvalue weighted by atomic mass is 19.4. The maximum atomic E-state index is 13.7. The molecule has 2 atom stereocenters. The third-order valence-electron chi connectivity index (χ3n) is 7.77. The van der Waals surface area contributed by atoms with Crippen molar-refractivity contribution in [1.29, 1.82) is 0 Å². The minimum absolute atomic E-state index is 0.125. The molecule has 1 aromatic heterocycles. The zero-order chi connectivity index (χ0) is 27.5. The molecule has 7 nitrogen and oxygen atoms in total. The Bertz CT molecular complexity index is 1150. The van der Waals surface area contributed by atoms with Crippen molar-refractivity contribution in [2.24, 2.45) is 5.92 Å². The molecular weight excluding hydrogens is 499 g/mol. The Morgan fingerprint density at radius 2 is 1.84 bits per heavy atom. The summed E-state index contributed by atoms with van der Waals surface area (Å²) in [5, 5.41) is 11.4. The molecule has 206 valence electrons. The summed E-state index contributed by atoms with van der Waals surface area (Å²) in [7, 11) is 1.55. The number of ether oxygens (including phenoxy) is 1. The molecule has 1 N–H and O–H groups in total. The number of hydrogen-bond acceptors (Lipinski definition) is 5. The summed E-state index contributed by atoms with van der Waals surface area (Å²) in [5.41, 5.74) is -2.15. The zero-order valence-electron chi connectivity index (χ0n) is 21.7. The highest BCUT2D eigenvalue weighted by Gasteiger charge is 2.45. The molecule has 2 amide bonds. The fourth-order valence-corrected chi connectivity index (χ4v) is 5.82. The summed E-state index contributed by atoms with van der Waals surface area (Å²) in [5.74, 6) is -0.853.